The Hall–Kier alpha value is -2.76. The van der Waals surface area contributed by atoms with Crippen LogP contribution in [0.15, 0.2) is 35.3 Å². The summed E-state index contributed by atoms with van der Waals surface area (Å²) in [6, 6.07) is 7.62. The first-order valence-corrected chi connectivity index (χ1v) is 5.74. The third-order valence-electron chi connectivity index (χ3n) is 3.06. The van der Waals surface area contributed by atoms with E-state index in [4.69, 9.17) is 5.11 Å². The Labute approximate surface area is 107 Å². The Balaban J connectivity index is 2.22. The molecule has 0 atom stereocenters. The van der Waals surface area contributed by atoms with Gasteiger partial charge in [0.05, 0.1) is 17.7 Å². The number of carboxylic acids is 1. The summed E-state index contributed by atoms with van der Waals surface area (Å²) in [5, 5.41) is 15.0. The molecule has 1 aromatic carbocycles. The first kappa shape index (κ1) is 11.3. The number of carboxylic acid groups (broad SMARTS) is 1. The molecule has 2 aromatic heterocycles. The van der Waals surface area contributed by atoms with E-state index >= 15 is 0 Å². The minimum atomic E-state index is -1.04. The van der Waals surface area contributed by atoms with Gasteiger partial charge in [-0.05, 0) is 6.07 Å². The van der Waals surface area contributed by atoms with E-state index in [-0.39, 0.29) is 12.0 Å². The predicted molar refractivity (Wildman–Crippen MR) is 70.0 cm³/mol. The zero-order chi connectivity index (χ0) is 13.4. The van der Waals surface area contributed by atoms with Crippen LogP contribution in [0.5, 0.6) is 0 Å². The summed E-state index contributed by atoms with van der Waals surface area (Å²) in [5.74, 6) is -1.04. The highest BCUT2D eigenvalue weighted by Gasteiger charge is 2.17. The van der Waals surface area contributed by atoms with E-state index in [1.54, 1.807) is 6.20 Å². The van der Waals surface area contributed by atoms with Gasteiger partial charge < -0.3 is 10.1 Å². The highest BCUT2D eigenvalue weighted by atomic mass is 16.4. The van der Waals surface area contributed by atoms with Crippen LogP contribution in [0, 0.1) is 0 Å². The summed E-state index contributed by atoms with van der Waals surface area (Å²) in [7, 11) is 0. The minimum absolute atomic E-state index is 0.234. The maximum atomic E-state index is 11.6. The fourth-order valence-electron chi connectivity index (χ4n) is 2.21. The van der Waals surface area contributed by atoms with Crippen molar-refractivity contribution in [3.05, 3.63) is 46.4 Å². The molecule has 0 fully saturated rings. The highest BCUT2D eigenvalue weighted by molar-refractivity contribution is 5.95. The average molecular weight is 257 g/mol. The second-order valence-electron chi connectivity index (χ2n) is 4.25. The van der Waals surface area contributed by atoms with Crippen molar-refractivity contribution >= 4 is 16.9 Å². The Morgan fingerprint density at radius 3 is 2.79 bits per heavy atom. The number of aliphatic carboxylic acids is 1. The van der Waals surface area contributed by atoms with Crippen LogP contribution in [0.25, 0.3) is 22.2 Å². The van der Waals surface area contributed by atoms with Crippen molar-refractivity contribution in [2.24, 2.45) is 0 Å². The Kier molecular flexibility index (Phi) is 2.49. The van der Waals surface area contributed by atoms with Gasteiger partial charge >= 0.3 is 5.97 Å². The second-order valence-corrected chi connectivity index (χ2v) is 4.25. The molecular formula is C13H11N3O3. The lowest BCUT2D eigenvalue weighted by molar-refractivity contribution is -0.136. The largest absolute Gasteiger partial charge is 0.481 e. The molecule has 0 saturated heterocycles. The highest BCUT2D eigenvalue weighted by Crippen LogP contribution is 2.28. The SMILES string of the molecule is O=C(O)Cc1c(-c2c[nH]c3ccccc23)[nH][nH]c1=O. The van der Waals surface area contributed by atoms with Crippen LogP contribution in [0.3, 0.4) is 0 Å². The first-order chi connectivity index (χ1) is 9.16. The first-order valence-electron chi connectivity index (χ1n) is 5.74. The summed E-state index contributed by atoms with van der Waals surface area (Å²) < 4.78 is 0. The van der Waals surface area contributed by atoms with Crippen molar-refractivity contribution in [3.8, 4) is 11.3 Å². The minimum Gasteiger partial charge on any atom is -0.481 e. The molecule has 0 unspecified atom stereocenters. The van der Waals surface area contributed by atoms with Crippen LogP contribution >= 0.6 is 0 Å². The van der Waals surface area contributed by atoms with Crippen molar-refractivity contribution in [2.45, 2.75) is 6.42 Å². The van der Waals surface area contributed by atoms with Gasteiger partial charge in [-0.25, -0.2) is 0 Å². The van der Waals surface area contributed by atoms with Crippen LogP contribution in [0.1, 0.15) is 5.56 Å². The van der Waals surface area contributed by atoms with Crippen molar-refractivity contribution < 1.29 is 9.90 Å². The molecule has 0 aliphatic heterocycles. The van der Waals surface area contributed by atoms with Gasteiger partial charge in [-0.1, -0.05) is 18.2 Å². The zero-order valence-electron chi connectivity index (χ0n) is 9.86. The van der Waals surface area contributed by atoms with E-state index in [9.17, 15) is 9.59 Å². The molecule has 0 spiro atoms. The number of aromatic amines is 3. The van der Waals surface area contributed by atoms with Crippen molar-refractivity contribution in [1.29, 1.82) is 0 Å². The van der Waals surface area contributed by atoms with E-state index in [0.717, 1.165) is 16.5 Å². The molecule has 0 aliphatic rings. The Bertz CT molecular complexity index is 810. The number of hydrogen-bond donors (Lipinski definition) is 4. The molecule has 19 heavy (non-hydrogen) atoms. The number of hydrogen-bond acceptors (Lipinski definition) is 2. The molecule has 6 nitrogen and oxygen atoms in total. The molecule has 0 bridgehead atoms. The zero-order valence-corrected chi connectivity index (χ0v) is 9.86. The van der Waals surface area contributed by atoms with Crippen molar-refractivity contribution in [2.75, 3.05) is 0 Å². The summed E-state index contributed by atoms with van der Waals surface area (Å²) in [5.41, 5.74) is 2.07. The van der Waals surface area contributed by atoms with E-state index < -0.39 is 11.5 Å². The maximum Gasteiger partial charge on any atom is 0.308 e. The quantitative estimate of drug-likeness (QED) is 0.571. The molecule has 3 aromatic rings. The number of aromatic nitrogens is 3. The summed E-state index contributed by atoms with van der Waals surface area (Å²) in [6.07, 6.45) is 1.45. The van der Waals surface area contributed by atoms with E-state index in [1.807, 2.05) is 24.3 Å². The fraction of sp³-hybridized carbons (Fsp3) is 0.0769. The number of carbonyl (C=O) groups is 1. The molecule has 3 rings (SSSR count). The van der Waals surface area contributed by atoms with Gasteiger partial charge in [-0.2, -0.15) is 0 Å². The lowest BCUT2D eigenvalue weighted by atomic mass is 10.1. The van der Waals surface area contributed by atoms with Gasteiger partial charge in [0.25, 0.3) is 5.56 Å². The van der Waals surface area contributed by atoms with Gasteiger partial charge in [-0.15, -0.1) is 0 Å². The maximum absolute atomic E-state index is 11.6. The monoisotopic (exact) mass is 257 g/mol. The number of nitrogens with one attached hydrogen (secondary N) is 3. The van der Waals surface area contributed by atoms with Gasteiger partial charge in [0, 0.05) is 22.7 Å². The molecule has 96 valence electrons. The van der Waals surface area contributed by atoms with Gasteiger partial charge in [0.15, 0.2) is 0 Å². The number of para-hydroxylation sites is 1. The Morgan fingerprint density at radius 2 is 2.00 bits per heavy atom. The van der Waals surface area contributed by atoms with Crippen LogP contribution in [0.4, 0.5) is 0 Å². The third-order valence-corrected chi connectivity index (χ3v) is 3.06. The number of rotatable bonds is 3. The number of H-pyrrole nitrogens is 3. The Morgan fingerprint density at radius 1 is 1.21 bits per heavy atom. The molecule has 0 amide bonds. The van der Waals surface area contributed by atoms with Crippen molar-refractivity contribution in [3.63, 3.8) is 0 Å². The van der Waals surface area contributed by atoms with E-state index in [0.29, 0.717) is 5.69 Å². The van der Waals surface area contributed by atoms with Crippen LogP contribution in [-0.2, 0) is 11.2 Å². The summed E-state index contributed by atoms with van der Waals surface area (Å²) in [6.45, 7) is 0. The van der Waals surface area contributed by atoms with Crippen molar-refractivity contribution in [1.82, 2.24) is 15.2 Å². The fourth-order valence-corrected chi connectivity index (χ4v) is 2.21. The van der Waals surface area contributed by atoms with Crippen LogP contribution < -0.4 is 5.56 Å². The normalized spacial score (nSPS) is 10.9. The van der Waals surface area contributed by atoms with Gasteiger partial charge in [0.1, 0.15) is 0 Å². The molecule has 0 aliphatic carbocycles. The molecule has 6 heteroatoms. The second kappa shape index (κ2) is 4.16. The topological polar surface area (TPSA) is 102 Å². The van der Waals surface area contributed by atoms with Gasteiger partial charge in [0.2, 0.25) is 0 Å². The summed E-state index contributed by atoms with van der Waals surface area (Å²) >= 11 is 0. The van der Waals surface area contributed by atoms with Crippen LogP contribution in [-0.4, -0.2) is 26.3 Å². The smallest absolute Gasteiger partial charge is 0.308 e. The molecule has 4 N–H and O–H groups in total. The van der Waals surface area contributed by atoms with E-state index in [1.165, 1.54) is 0 Å². The number of benzene rings is 1. The molecule has 2 heterocycles. The molecule has 0 saturated carbocycles. The predicted octanol–water partition coefficient (Wildman–Crippen LogP) is 1.48. The molecular weight excluding hydrogens is 246 g/mol. The molecule has 0 radical (unpaired) electrons. The summed E-state index contributed by atoms with van der Waals surface area (Å²) in [4.78, 5) is 25.6. The average Bonchev–Trinajstić information content (AvgIpc) is 2.94. The van der Waals surface area contributed by atoms with Crippen LogP contribution in [0.2, 0.25) is 0 Å². The standard InChI is InChI=1S/C13H11N3O3/c17-11(18)5-8-12(15-16-13(8)19)9-6-14-10-4-2-1-3-7(9)10/h1-4,6,14H,5H2,(H,17,18)(H2,15,16,19). The van der Waals surface area contributed by atoms with Gasteiger partial charge in [-0.3, -0.25) is 19.8 Å². The lowest BCUT2D eigenvalue weighted by Gasteiger charge is -1.99. The third kappa shape index (κ3) is 1.83. The number of fused-ring (bicyclic) bond motifs is 1. The lowest BCUT2D eigenvalue weighted by Crippen LogP contribution is -2.11. The van der Waals surface area contributed by atoms with E-state index in [2.05, 4.69) is 15.2 Å².